The molecule has 3 rings (SSSR count). The third kappa shape index (κ3) is 4.99. The lowest BCUT2D eigenvalue weighted by molar-refractivity contribution is -0.163. The van der Waals surface area contributed by atoms with E-state index in [-0.39, 0.29) is 30.1 Å². The normalized spacial score (nSPS) is 21.3. The van der Waals surface area contributed by atoms with Crippen LogP contribution in [-0.4, -0.2) is 100 Å². The summed E-state index contributed by atoms with van der Waals surface area (Å²) >= 11 is 2.84. The highest BCUT2D eigenvalue weighted by molar-refractivity contribution is 7.80. The van der Waals surface area contributed by atoms with Gasteiger partial charge in [-0.25, -0.2) is 9.59 Å². The molecule has 0 saturated carbocycles. The Morgan fingerprint density at radius 1 is 1.34 bits per heavy atom. The zero-order chi connectivity index (χ0) is 26.2. The molecule has 0 aromatic heterocycles. The predicted molar refractivity (Wildman–Crippen MR) is 119 cm³/mol. The highest BCUT2D eigenvalue weighted by atomic mass is 35.5. The number of hydrogen-bond donors (Lipinski definition) is 4. The molecule has 1 aromatic rings. The summed E-state index contributed by atoms with van der Waals surface area (Å²) in [7, 11) is 0. The van der Waals surface area contributed by atoms with Crippen LogP contribution in [0, 0.1) is 0 Å². The Kier molecular flexibility index (Phi) is 7.48. The van der Waals surface area contributed by atoms with Crippen molar-refractivity contribution in [2.24, 2.45) is 0 Å². The number of benzene rings is 1. The van der Waals surface area contributed by atoms with E-state index < -0.39 is 75.9 Å². The minimum absolute atomic E-state index is 0.00738. The van der Waals surface area contributed by atoms with Crippen molar-refractivity contribution in [2.75, 3.05) is 19.7 Å². The first-order chi connectivity index (χ1) is 16.3. The van der Waals surface area contributed by atoms with Gasteiger partial charge in [0.1, 0.15) is 12.6 Å². The van der Waals surface area contributed by atoms with E-state index in [4.69, 9.17) is 16.3 Å². The summed E-state index contributed by atoms with van der Waals surface area (Å²) in [5.74, 6) is -3.86. The van der Waals surface area contributed by atoms with Gasteiger partial charge >= 0.3 is 12.1 Å². The molecule has 0 bridgehead atoms. The Hall–Kier alpha value is -3.10. The zero-order valence-corrected chi connectivity index (χ0v) is 20.2. The second-order valence-electron chi connectivity index (χ2n) is 8.57. The standard InChI is InChI=1S/C20H24ClN3O10S/c1-9-5-13(26)24(9)16(18(29)30)20(2,35(32)33)8-34-19(31)23-6-10(7-23)22-17(28)11-3-4-12(25)15(27)14(11)21/h3-4,9-10,16,25,27H,5-8H2,1-2H3,(H,22,28)(H,29,30)(H,32,33)/p-1/t9-,16+,20+/m1/s1. The van der Waals surface area contributed by atoms with Gasteiger partial charge in [-0.05, 0) is 37.1 Å². The molecule has 13 nitrogen and oxygen atoms in total. The van der Waals surface area contributed by atoms with E-state index >= 15 is 0 Å². The van der Waals surface area contributed by atoms with Crippen LogP contribution >= 0.6 is 11.6 Å². The number of β-lactam (4-membered cyclic amide) rings is 1. The number of carbonyl (C=O) groups excluding carboxylic acids is 3. The maximum Gasteiger partial charge on any atom is 0.409 e. The molecule has 2 aliphatic heterocycles. The number of nitrogens with one attached hydrogen (secondary N) is 1. The fourth-order valence-electron chi connectivity index (χ4n) is 3.89. The summed E-state index contributed by atoms with van der Waals surface area (Å²) in [6, 6.07) is -0.431. The topological polar surface area (TPSA) is 197 Å². The number of aromatic hydroxyl groups is 2. The fraction of sp³-hybridized carbons (Fsp3) is 0.500. The molecule has 35 heavy (non-hydrogen) atoms. The molecule has 1 aromatic carbocycles. The van der Waals surface area contributed by atoms with Gasteiger partial charge in [0.25, 0.3) is 5.91 Å². The van der Waals surface area contributed by atoms with Crippen molar-refractivity contribution in [1.82, 2.24) is 15.1 Å². The predicted octanol–water partition coefficient (Wildman–Crippen LogP) is 0.0136. The highest BCUT2D eigenvalue weighted by Crippen LogP contribution is 2.35. The van der Waals surface area contributed by atoms with Crippen LogP contribution in [0.3, 0.4) is 0 Å². The minimum Gasteiger partial charge on any atom is -0.772 e. The van der Waals surface area contributed by atoms with Crippen LogP contribution in [0.4, 0.5) is 4.79 Å². The number of hydrogen-bond acceptors (Lipinski definition) is 9. The maximum atomic E-state index is 12.4. The third-order valence-corrected chi connectivity index (χ3v) is 7.49. The molecular weight excluding hydrogens is 510 g/mol. The van der Waals surface area contributed by atoms with Crippen LogP contribution in [0.1, 0.15) is 30.6 Å². The Bertz CT molecular complexity index is 1100. The summed E-state index contributed by atoms with van der Waals surface area (Å²) in [4.78, 5) is 50.6. The molecule has 2 saturated heterocycles. The van der Waals surface area contributed by atoms with Crippen molar-refractivity contribution in [3.8, 4) is 11.5 Å². The van der Waals surface area contributed by atoms with Crippen molar-refractivity contribution in [1.29, 1.82) is 0 Å². The first-order valence-corrected chi connectivity index (χ1v) is 11.8. The summed E-state index contributed by atoms with van der Waals surface area (Å²) in [5.41, 5.74) is -0.0915. The Morgan fingerprint density at radius 2 is 1.97 bits per heavy atom. The Balaban J connectivity index is 1.58. The van der Waals surface area contributed by atoms with Gasteiger partial charge in [-0.1, -0.05) is 11.6 Å². The number of aliphatic carboxylic acids is 1. The van der Waals surface area contributed by atoms with Crippen LogP contribution in [-0.2, 0) is 25.4 Å². The highest BCUT2D eigenvalue weighted by Gasteiger charge is 2.52. The van der Waals surface area contributed by atoms with Crippen LogP contribution in [0.2, 0.25) is 5.02 Å². The maximum absolute atomic E-state index is 12.4. The quantitative estimate of drug-likeness (QED) is 0.201. The van der Waals surface area contributed by atoms with Gasteiger partial charge in [-0.2, -0.15) is 0 Å². The van der Waals surface area contributed by atoms with Crippen LogP contribution in [0.5, 0.6) is 11.5 Å². The molecule has 0 aliphatic carbocycles. The number of carbonyl (C=O) groups is 4. The lowest BCUT2D eigenvalue weighted by Crippen LogP contribution is -2.68. The summed E-state index contributed by atoms with van der Waals surface area (Å²) in [6.45, 7) is 1.86. The van der Waals surface area contributed by atoms with Gasteiger partial charge < -0.3 is 39.7 Å². The second-order valence-corrected chi connectivity index (χ2v) is 10.3. The van der Waals surface area contributed by atoms with E-state index in [2.05, 4.69) is 5.32 Å². The van der Waals surface area contributed by atoms with Crippen molar-refractivity contribution in [3.63, 3.8) is 0 Å². The lowest BCUT2D eigenvalue weighted by atomic mass is 9.92. The monoisotopic (exact) mass is 532 g/mol. The van der Waals surface area contributed by atoms with Crippen LogP contribution in [0.15, 0.2) is 12.1 Å². The zero-order valence-electron chi connectivity index (χ0n) is 18.6. The van der Waals surface area contributed by atoms with Crippen molar-refractivity contribution >= 4 is 46.6 Å². The molecule has 15 heteroatoms. The molecule has 2 heterocycles. The Morgan fingerprint density at radius 3 is 2.49 bits per heavy atom. The number of carboxylic acid groups (broad SMARTS) is 1. The Labute approximate surface area is 206 Å². The molecule has 4 atom stereocenters. The second kappa shape index (κ2) is 9.87. The van der Waals surface area contributed by atoms with Crippen molar-refractivity contribution in [3.05, 3.63) is 22.7 Å². The summed E-state index contributed by atoms with van der Waals surface area (Å²) < 4.78 is 26.9. The van der Waals surface area contributed by atoms with Crippen molar-refractivity contribution < 1.29 is 48.0 Å². The smallest absolute Gasteiger partial charge is 0.409 e. The number of carboxylic acids is 1. The van der Waals surface area contributed by atoms with Gasteiger partial charge in [0.05, 0.1) is 21.4 Å². The molecule has 4 N–H and O–H groups in total. The first kappa shape index (κ1) is 26.5. The molecule has 192 valence electrons. The van der Waals surface area contributed by atoms with E-state index in [1.807, 2.05) is 0 Å². The number of ether oxygens (including phenoxy) is 1. The SMILES string of the molecule is C[C@@H]1CC(=O)N1[C@@H](C(=O)O)[C@](C)(COC(=O)N1CC(NC(=O)c2ccc(O)c(O)c2Cl)C1)S(=O)[O-]. The average Bonchev–Trinajstić information content (AvgIpc) is 2.75. The first-order valence-electron chi connectivity index (χ1n) is 10.3. The molecule has 0 radical (unpaired) electrons. The van der Waals surface area contributed by atoms with E-state index in [1.54, 1.807) is 6.92 Å². The van der Waals surface area contributed by atoms with E-state index in [0.29, 0.717) is 0 Å². The summed E-state index contributed by atoms with van der Waals surface area (Å²) in [6.07, 6.45) is -0.847. The fourth-order valence-corrected chi connectivity index (χ4v) is 4.69. The number of rotatable bonds is 8. The molecule has 0 spiro atoms. The molecule has 1 unspecified atom stereocenters. The molecule has 2 aliphatic rings. The van der Waals surface area contributed by atoms with Crippen LogP contribution in [0.25, 0.3) is 0 Å². The van der Waals surface area contributed by atoms with E-state index in [9.17, 15) is 43.3 Å². The van der Waals surface area contributed by atoms with Crippen molar-refractivity contribution in [2.45, 2.75) is 43.1 Å². The molecule has 2 fully saturated rings. The minimum atomic E-state index is -3.02. The van der Waals surface area contributed by atoms with Gasteiger partial charge in [0.15, 0.2) is 11.5 Å². The summed E-state index contributed by atoms with van der Waals surface area (Å²) in [5, 5.41) is 30.9. The number of phenols is 2. The van der Waals surface area contributed by atoms with Crippen LogP contribution < -0.4 is 5.32 Å². The number of nitrogens with zero attached hydrogens (tertiary/aromatic N) is 2. The van der Waals surface area contributed by atoms with Gasteiger partial charge in [0, 0.05) is 25.6 Å². The molecule has 3 amide bonds. The van der Waals surface area contributed by atoms with E-state index in [1.165, 1.54) is 6.07 Å². The average molecular weight is 533 g/mol. The number of amides is 3. The van der Waals surface area contributed by atoms with Gasteiger partial charge in [-0.15, -0.1) is 0 Å². The third-order valence-electron chi connectivity index (χ3n) is 6.00. The van der Waals surface area contributed by atoms with Gasteiger partial charge in [0.2, 0.25) is 5.91 Å². The lowest BCUT2D eigenvalue weighted by Gasteiger charge is -2.49. The number of likely N-dealkylation sites (tertiary alicyclic amines) is 2. The number of halogens is 1. The number of phenolic OH excluding ortho intramolecular Hbond substituents is 2. The van der Waals surface area contributed by atoms with E-state index in [0.717, 1.165) is 22.8 Å². The molecular formula is C20H23ClN3O10S-. The largest absolute Gasteiger partial charge is 0.772 e. The van der Waals surface area contributed by atoms with Gasteiger partial charge in [-0.3, -0.25) is 13.8 Å².